The van der Waals surface area contributed by atoms with Gasteiger partial charge in [0.15, 0.2) is 0 Å². The lowest BCUT2D eigenvalue weighted by Gasteiger charge is -2.29. The van der Waals surface area contributed by atoms with E-state index >= 15 is 0 Å². The van der Waals surface area contributed by atoms with E-state index in [4.69, 9.17) is 0 Å². The maximum Gasteiger partial charge on any atom is 0.223 e. The summed E-state index contributed by atoms with van der Waals surface area (Å²) < 4.78 is 0. The molecule has 0 aliphatic heterocycles. The first kappa shape index (κ1) is 13.5. The highest BCUT2D eigenvalue weighted by atomic mass is 16.1. The van der Waals surface area contributed by atoms with E-state index in [-0.39, 0.29) is 17.9 Å². The lowest BCUT2D eigenvalue weighted by Crippen LogP contribution is -2.37. The summed E-state index contributed by atoms with van der Waals surface area (Å²) in [6, 6.07) is 0.279. The predicted molar refractivity (Wildman–Crippen MR) is 68.2 cm³/mol. The summed E-state index contributed by atoms with van der Waals surface area (Å²) in [5.41, 5.74) is 0. The van der Waals surface area contributed by atoms with E-state index in [1.54, 1.807) is 0 Å². The van der Waals surface area contributed by atoms with Crippen LogP contribution >= 0.6 is 0 Å². The third-order valence-corrected chi connectivity index (χ3v) is 3.45. The fraction of sp³-hybridized carbons (Fsp3) is 0.929. The van der Waals surface area contributed by atoms with Crippen molar-refractivity contribution in [2.75, 3.05) is 0 Å². The normalized spacial score (nSPS) is 26.1. The third-order valence-electron chi connectivity index (χ3n) is 3.45. The van der Waals surface area contributed by atoms with E-state index in [0.29, 0.717) is 0 Å². The van der Waals surface area contributed by atoms with Gasteiger partial charge >= 0.3 is 0 Å². The van der Waals surface area contributed by atoms with Crippen LogP contribution in [0.1, 0.15) is 59.8 Å². The number of carbonyl (C=O) groups excluding carboxylic acids is 1. The molecule has 0 aromatic rings. The van der Waals surface area contributed by atoms with Crippen molar-refractivity contribution < 1.29 is 4.79 Å². The first-order chi connectivity index (χ1) is 7.49. The van der Waals surface area contributed by atoms with Gasteiger partial charge in [-0.05, 0) is 57.8 Å². The Morgan fingerprint density at radius 3 is 2.12 bits per heavy atom. The molecule has 0 radical (unpaired) electrons. The Hall–Kier alpha value is -0.530. The lowest BCUT2D eigenvalue weighted by atomic mass is 9.78. The van der Waals surface area contributed by atoms with Gasteiger partial charge in [-0.25, -0.2) is 0 Å². The Balaban J connectivity index is 2.28. The summed E-state index contributed by atoms with van der Waals surface area (Å²) >= 11 is 0. The molecule has 2 heteroatoms. The number of rotatable bonds is 4. The molecule has 0 heterocycles. The van der Waals surface area contributed by atoms with Crippen LogP contribution in [0.4, 0.5) is 0 Å². The Labute approximate surface area is 100 Å². The molecule has 1 fully saturated rings. The predicted octanol–water partition coefficient (Wildman–Crippen LogP) is 3.36. The standard InChI is InChI=1S/C14H27NO/c1-10(2)9-12-5-7-13(8-6-12)14(16)15-11(3)4/h10-13H,5-9H2,1-4H3,(H,15,16)/t12-,13-. The Morgan fingerprint density at radius 1 is 1.12 bits per heavy atom. The SMILES string of the molecule is CC(C)C[C@H]1CC[C@H](C(=O)NC(C)C)CC1. The van der Waals surface area contributed by atoms with Crippen LogP contribution < -0.4 is 5.32 Å². The van der Waals surface area contributed by atoms with Gasteiger partial charge in [0.25, 0.3) is 0 Å². The summed E-state index contributed by atoms with van der Waals surface area (Å²) in [4.78, 5) is 11.8. The Kier molecular flexibility index (Phi) is 5.30. The molecule has 16 heavy (non-hydrogen) atoms. The van der Waals surface area contributed by atoms with Gasteiger partial charge in [-0.2, -0.15) is 0 Å². The van der Waals surface area contributed by atoms with E-state index in [9.17, 15) is 4.79 Å². The molecule has 0 saturated heterocycles. The highest BCUT2D eigenvalue weighted by Gasteiger charge is 2.26. The minimum absolute atomic E-state index is 0.276. The molecule has 94 valence electrons. The quantitative estimate of drug-likeness (QED) is 0.781. The third kappa shape index (κ3) is 4.54. The van der Waals surface area contributed by atoms with Crippen molar-refractivity contribution in [1.29, 1.82) is 0 Å². The molecule has 1 aliphatic carbocycles. The Morgan fingerprint density at radius 2 is 1.69 bits per heavy atom. The molecule has 1 saturated carbocycles. The van der Waals surface area contributed by atoms with Crippen molar-refractivity contribution in [2.24, 2.45) is 17.8 Å². The average Bonchev–Trinajstić information content (AvgIpc) is 2.16. The maximum atomic E-state index is 11.8. The van der Waals surface area contributed by atoms with Crippen LogP contribution in [-0.2, 0) is 4.79 Å². The minimum atomic E-state index is 0.276. The van der Waals surface area contributed by atoms with Crippen molar-refractivity contribution >= 4 is 5.91 Å². The van der Waals surface area contributed by atoms with Gasteiger partial charge in [0, 0.05) is 12.0 Å². The molecule has 1 amide bonds. The van der Waals surface area contributed by atoms with Crippen LogP contribution in [0.2, 0.25) is 0 Å². The highest BCUT2D eigenvalue weighted by Crippen LogP contribution is 2.32. The van der Waals surface area contributed by atoms with Crippen molar-refractivity contribution in [3.05, 3.63) is 0 Å². The van der Waals surface area contributed by atoms with Gasteiger partial charge in [-0.3, -0.25) is 4.79 Å². The first-order valence-corrected chi connectivity index (χ1v) is 6.79. The Bertz CT molecular complexity index is 215. The van der Waals surface area contributed by atoms with E-state index in [2.05, 4.69) is 19.2 Å². The molecule has 2 nitrogen and oxygen atoms in total. The second-order valence-corrected chi connectivity index (χ2v) is 6.01. The van der Waals surface area contributed by atoms with Crippen LogP contribution in [0.25, 0.3) is 0 Å². The van der Waals surface area contributed by atoms with Crippen LogP contribution in [-0.4, -0.2) is 11.9 Å². The van der Waals surface area contributed by atoms with Crippen molar-refractivity contribution in [1.82, 2.24) is 5.32 Å². The number of hydrogen-bond acceptors (Lipinski definition) is 1. The molecule has 1 N–H and O–H groups in total. The van der Waals surface area contributed by atoms with Crippen LogP contribution in [0, 0.1) is 17.8 Å². The molecule has 0 unspecified atom stereocenters. The van der Waals surface area contributed by atoms with Crippen molar-refractivity contribution in [2.45, 2.75) is 65.8 Å². The maximum absolute atomic E-state index is 11.8. The molecular weight excluding hydrogens is 198 g/mol. The van der Waals surface area contributed by atoms with Gasteiger partial charge in [0.05, 0.1) is 0 Å². The van der Waals surface area contributed by atoms with E-state index in [1.807, 2.05) is 13.8 Å². The summed E-state index contributed by atoms with van der Waals surface area (Å²) in [6.07, 6.45) is 6.01. The fourth-order valence-electron chi connectivity index (χ4n) is 2.73. The zero-order valence-corrected chi connectivity index (χ0v) is 11.3. The molecule has 1 aliphatic rings. The molecule has 0 atom stereocenters. The van der Waals surface area contributed by atoms with Crippen molar-refractivity contribution in [3.63, 3.8) is 0 Å². The fourth-order valence-corrected chi connectivity index (χ4v) is 2.73. The van der Waals surface area contributed by atoms with Gasteiger partial charge in [-0.1, -0.05) is 13.8 Å². The molecule has 0 bridgehead atoms. The average molecular weight is 225 g/mol. The summed E-state index contributed by atoms with van der Waals surface area (Å²) in [7, 11) is 0. The van der Waals surface area contributed by atoms with Crippen molar-refractivity contribution in [3.8, 4) is 0 Å². The van der Waals surface area contributed by atoms with Crippen LogP contribution in [0.15, 0.2) is 0 Å². The summed E-state index contributed by atoms with van der Waals surface area (Å²) in [5.74, 6) is 2.22. The van der Waals surface area contributed by atoms with E-state index < -0.39 is 0 Å². The zero-order chi connectivity index (χ0) is 12.1. The van der Waals surface area contributed by atoms with Gasteiger partial charge in [0.1, 0.15) is 0 Å². The number of hydrogen-bond donors (Lipinski definition) is 1. The topological polar surface area (TPSA) is 29.1 Å². The molecule has 0 spiro atoms. The van der Waals surface area contributed by atoms with E-state index in [1.165, 1.54) is 19.3 Å². The summed E-state index contributed by atoms with van der Waals surface area (Å²) in [6.45, 7) is 8.64. The molecule has 1 rings (SSSR count). The summed E-state index contributed by atoms with van der Waals surface area (Å²) in [5, 5.41) is 3.03. The highest BCUT2D eigenvalue weighted by molar-refractivity contribution is 5.78. The largest absolute Gasteiger partial charge is 0.354 e. The van der Waals surface area contributed by atoms with Gasteiger partial charge < -0.3 is 5.32 Å². The second kappa shape index (κ2) is 6.27. The smallest absolute Gasteiger partial charge is 0.223 e. The molecular formula is C14H27NO. The van der Waals surface area contributed by atoms with Gasteiger partial charge in [0.2, 0.25) is 5.91 Å². The molecule has 0 aromatic carbocycles. The van der Waals surface area contributed by atoms with Crippen LogP contribution in [0.5, 0.6) is 0 Å². The zero-order valence-electron chi connectivity index (χ0n) is 11.3. The number of amides is 1. The molecule has 0 aromatic heterocycles. The van der Waals surface area contributed by atoms with Crippen LogP contribution in [0.3, 0.4) is 0 Å². The van der Waals surface area contributed by atoms with Gasteiger partial charge in [-0.15, -0.1) is 0 Å². The lowest BCUT2D eigenvalue weighted by molar-refractivity contribution is -0.126. The van der Waals surface area contributed by atoms with E-state index in [0.717, 1.165) is 24.7 Å². The number of nitrogens with one attached hydrogen (secondary N) is 1. The second-order valence-electron chi connectivity index (χ2n) is 6.01. The first-order valence-electron chi connectivity index (χ1n) is 6.79. The minimum Gasteiger partial charge on any atom is -0.354 e. The monoisotopic (exact) mass is 225 g/mol. The number of carbonyl (C=O) groups is 1.